The van der Waals surface area contributed by atoms with Crippen LogP contribution in [0.15, 0.2) is 65.7 Å². The lowest BCUT2D eigenvalue weighted by atomic mass is 10.1. The molecule has 0 spiro atoms. The Morgan fingerprint density at radius 1 is 1.15 bits per heavy atom. The molecular weight excluding hydrogens is 551 g/mol. The molecule has 0 bridgehead atoms. The monoisotopic (exact) mass is 578 g/mol. The number of fused-ring (bicyclic) bond motifs is 1. The number of likely N-dealkylation sites (tertiary alicyclic amines) is 1. The van der Waals surface area contributed by atoms with Gasteiger partial charge < -0.3 is 18.5 Å². The van der Waals surface area contributed by atoms with E-state index in [0.717, 1.165) is 42.8 Å². The van der Waals surface area contributed by atoms with Crippen LogP contribution in [0.2, 0.25) is 5.02 Å². The number of ether oxygens (including phenoxy) is 2. The Balaban J connectivity index is 1.15. The number of carbonyl (C=O) groups is 1. The standard InChI is InChI=1S/C29H28ClFN6O4/c1-39-29(38)19-3-5-25-26(12-19)36(15-23-14-32-18-41-23)27(34-25)16-35-10-7-22(8-11-35)37-28(6-9-33-37)40-17-20-2-4-21(30)13-24(20)31/h2-6,9,12-14,18,22H,7-8,10-11,15-17H2,1H3. The lowest BCUT2D eigenvalue weighted by molar-refractivity contribution is 0.0601. The molecule has 12 heteroatoms. The van der Waals surface area contributed by atoms with E-state index in [2.05, 4.69) is 19.5 Å². The van der Waals surface area contributed by atoms with Gasteiger partial charge in [0.05, 0.1) is 55.2 Å². The number of halogens is 2. The molecule has 0 saturated carbocycles. The van der Waals surface area contributed by atoms with E-state index in [0.29, 0.717) is 40.9 Å². The number of carbonyl (C=O) groups excluding carboxylic acids is 1. The number of imidazole rings is 1. The van der Waals surface area contributed by atoms with Crippen molar-refractivity contribution >= 4 is 28.6 Å². The molecule has 10 nitrogen and oxygen atoms in total. The predicted octanol–water partition coefficient (Wildman–Crippen LogP) is 5.26. The van der Waals surface area contributed by atoms with Crippen LogP contribution in [-0.4, -0.2) is 55.4 Å². The van der Waals surface area contributed by atoms with Crippen molar-refractivity contribution in [3.8, 4) is 5.88 Å². The van der Waals surface area contributed by atoms with Gasteiger partial charge in [-0.05, 0) is 43.2 Å². The van der Waals surface area contributed by atoms with Crippen LogP contribution in [0.1, 0.15) is 46.4 Å². The maximum atomic E-state index is 14.2. The molecular formula is C29H28ClFN6O4. The first-order chi connectivity index (χ1) is 20.0. The van der Waals surface area contributed by atoms with Gasteiger partial charge in [0.2, 0.25) is 5.88 Å². The molecule has 1 aliphatic rings. The number of hydrogen-bond donors (Lipinski definition) is 0. The average Bonchev–Trinajstić information content (AvgIpc) is 3.74. The highest BCUT2D eigenvalue weighted by Gasteiger charge is 2.25. The Morgan fingerprint density at radius 3 is 2.76 bits per heavy atom. The summed E-state index contributed by atoms with van der Waals surface area (Å²) in [7, 11) is 1.37. The van der Waals surface area contributed by atoms with Crippen molar-refractivity contribution in [2.24, 2.45) is 0 Å². The summed E-state index contributed by atoms with van der Waals surface area (Å²) in [4.78, 5) is 23.5. The molecule has 0 radical (unpaired) electrons. The van der Waals surface area contributed by atoms with Crippen molar-refractivity contribution in [2.45, 2.75) is 38.6 Å². The Morgan fingerprint density at radius 2 is 2.00 bits per heavy atom. The van der Waals surface area contributed by atoms with E-state index in [-0.39, 0.29) is 12.6 Å². The van der Waals surface area contributed by atoms with Crippen molar-refractivity contribution in [2.75, 3.05) is 20.2 Å². The number of hydrogen-bond acceptors (Lipinski definition) is 8. The highest BCUT2D eigenvalue weighted by Crippen LogP contribution is 2.29. The number of rotatable bonds is 9. The van der Waals surface area contributed by atoms with Gasteiger partial charge in [-0.1, -0.05) is 17.7 Å². The molecule has 0 amide bonds. The zero-order valence-corrected chi connectivity index (χ0v) is 23.1. The van der Waals surface area contributed by atoms with Crippen LogP contribution >= 0.6 is 11.6 Å². The predicted molar refractivity (Wildman–Crippen MR) is 148 cm³/mol. The zero-order valence-electron chi connectivity index (χ0n) is 22.4. The van der Waals surface area contributed by atoms with Gasteiger partial charge in [-0.25, -0.2) is 23.8 Å². The summed E-state index contributed by atoms with van der Waals surface area (Å²) in [5, 5.41) is 4.85. The minimum Gasteiger partial charge on any atom is -0.473 e. The molecule has 2 aromatic carbocycles. The van der Waals surface area contributed by atoms with E-state index >= 15 is 0 Å². The van der Waals surface area contributed by atoms with Gasteiger partial charge in [0, 0.05) is 29.7 Å². The highest BCUT2D eigenvalue weighted by atomic mass is 35.5. The molecule has 0 atom stereocenters. The number of methoxy groups -OCH3 is 1. The second-order valence-corrected chi connectivity index (χ2v) is 10.4. The normalized spacial score (nSPS) is 14.5. The molecule has 1 fully saturated rings. The number of piperidine rings is 1. The summed E-state index contributed by atoms with van der Waals surface area (Å²) in [6.45, 7) is 2.81. The van der Waals surface area contributed by atoms with Gasteiger partial charge in [0.25, 0.3) is 0 Å². The number of aromatic nitrogens is 5. The van der Waals surface area contributed by atoms with Crippen molar-refractivity contribution in [3.63, 3.8) is 0 Å². The number of nitrogens with zero attached hydrogens (tertiary/aromatic N) is 6. The van der Waals surface area contributed by atoms with E-state index in [4.69, 9.17) is 30.5 Å². The molecule has 1 saturated heterocycles. The van der Waals surface area contributed by atoms with Gasteiger partial charge in [-0.15, -0.1) is 0 Å². The lowest BCUT2D eigenvalue weighted by Gasteiger charge is -2.32. The second-order valence-electron chi connectivity index (χ2n) is 9.92. The zero-order chi connectivity index (χ0) is 28.3. The van der Waals surface area contributed by atoms with Crippen LogP contribution in [0.4, 0.5) is 4.39 Å². The fraction of sp³-hybridized carbons (Fsp3) is 0.310. The lowest BCUT2D eigenvalue weighted by Crippen LogP contribution is -2.35. The summed E-state index contributed by atoms with van der Waals surface area (Å²) in [5.74, 6) is 1.37. The maximum Gasteiger partial charge on any atom is 0.337 e. The molecule has 212 valence electrons. The van der Waals surface area contributed by atoms with E-state index in [1.807, 2.05) is 10.7 Å². The highest BCUT2D eigenvalue weighted by molar-refractivity contribution is 6.30. The topological polar surface area (TPSA) is 100 Å². The molecule has 0 unspecified atom stereocenters. The molecule has 6 rings (SSSR count). The van der Waals surface area contributed by atoms with Crippen LogP contribution in [0.3, 0.4) is 0 Å². The third-order valence-electron chi connectivity index (χ3n) is 7.34. The molecule has 0 aliphatic carbocycles. The minimum absolute atomic E-state index is 0.0899. The quantitative estimate of drug-likeness (QED) is 0.218. The van der Waals surface area contributed by atoms with Crippen molar-refractivity contribution in [1.82, 2.24) is 29.2 Å². The number of oxazole rings is 1. The first-order valence-corrected chi connectivity index (χ1v) is 13.6. The summed E-state index contributed by atoms with van der Waals surface area (Å²) in [5.41, 5.74) is 2.51. The Kier molecular flexibility index (Phi) is 7.71. The Hall–Kier alpha value is -4.22. The van der Waals surface area contributed by atoms with E-state index in [9.17, 15) is 9.18 Å². The van der Waals surface area contributed by atoms with Crippen LogP contribution in [0.25, 0.3) is 11.0 Å². The summed E-state index contributed by atoms with van der Waals surface area (Å²) in [6, 6.07) is 11.9. The van der Waals surface area contributed by atoms with Gasteiger partial charge in [-0.2, -0.15) is 5.10 Å². The Labute approximate surface area is 240 Å². The van der Waals surface area contributed by atoms with Gasteiger partial charge >= 0.3 is 5.97 Å². The first-order valence-electron chi connectivity index (χ1n) is 13.3. The fourth-order valence-corrected chi connectivity index (χ4v) is 5.35. The molecule has 5 aromatic rings. The van der Waals surface area contributed by atoms with Gasteiger partial charge in [0.1, 0.15) is 24.0 Å². The molecule has 41 heavy (non-hydrogen) atoms. The first kappa shape index (κ1) is 27.0. The van der Waals surface area contributed by atoms with Crippen LogP contribution in [0.5, 0.6) is 5.88 Å². The van der Waals surface area contributed by atoms with Crippen LogP contribution in [0, 0.1) is 5.82 Å². The number of benzene rings is 2. The van der Waals surface area contributed by atoms with Crippen LogP contribution in [-0.2, 0) is 24.4 Å². The Bertz CT molecular complexity index is 1660. The third-order valence-corrected chi connectivity index (χ3v) is 7.57. The minimum atomic E-state index is -0.400. The smallest absolute Gasteiger partial charge is 0.337 e. The molecule has 3 aromatic heterocycles. The van der Waals surface area contributed by atoms with Crippen molar-refractivity contribution in [1.29, 1.82) is 0 Å². The fourth-order valence-electron chi connectivity index (χ4n) is 5.19. The molecule has 0 N–H and O–H groups in total. The summed E-state index contributed by atoms with van der Waals surface area (Å²) >= 11 is 5.86. The van der Waals surface area contributed by atoms with Crippen molar-refractivity contribution in [3.05, 3.63) is 94.8 Å². The molecule has 1 aliphatic heterocycles. The van der Waals surface area contributed by atoms with Crippen LogP contribution < -0.4 is 4.74 Å². The van der Waals surface area contributed by atoms with E-state index in [1.54, 1.807) is 42.7 Å². The van der Waals surface area contributed by atoms with Crippen molar-refractivity contribution < 1.29 is 23.1 Å². The molecule has 4 heterocycles. The second kappa shape index (κ2) is 11.7. The van der Waals surface area contributed by atoms with Gasteiger partial charge in [0.15, 0.2) is 6.39 Å². The summed E-state index contributed by atoms with van der Waals surface area (Å²) in [6.07, 6.45) is 6.51. The average molecular weight is 579 g/mol. The van der Waals surface area contributed by atoms with E-state index in [1.165, 1.54) is 19.6 Å². The largest absolute Gasteiger partial charge is 0.473 e. The van der Waals surface area contributed by atoms with E-state index < -0.39 is 11.8 Å². The SMILES string of the molecule is COC(=O)c1ccc2nc(CN3CCC(n4nccc4OCc4ccc(Cl)cc4F)CC3)n(Cc3cnco3)c2c1. The third kappa shape index (κ3) is 5.82. The summed E-state index contributed by atoms with van der Waals surface area (Å²) < 4.78 is 34.5. The van der Waals surface area contributed by atoms with Gasteiger partial charge in [-0.3, -0.25) is 4.90 Å². The number of esters is 1. The maximum absolute atomic E-state index is 14.2.